The van der Waals surface area contributed by atoms with Crippen LogP contribution in [0, 0.1) is 6.92 Å². The number of nitrogens with zero attached hydrogens (tertiary/aromatic N) is 1. The number of benzene rings is 1. The molecule has 1 aliphatic heterocycles. The Morgan fingerprint density at radius 3 is 3.00 bits per heavy atom. The van der Waals surface area contributed by atoms with Crippen molar-refractivity contribution in [1.82, 2.24) is 4.98 Å². The van der Waals surface area contributed by atoms with Gasteiger partial charge in [0.25, 0.3) is 0 Å². The van der Waals surface area contributed by atoms with E-state index in [0.29, 0.717) is 5.15 Å². The molecule has 0 fully saturated rings. The standard InChI is InChI=1S/C15H14Cl2N2S/c1-9-6-13(15(17)18-8-9)19-12-4-5-20-14-3-2-10(16)7-11(12)14/h2-3,6-8,12,19H,4-5H2,1H3. The van der Waals surface area contributed by atoms with Crippen LogP contribution in [0.5, 0.6) is 0 Å². The zero-order valence-corrected chi connectivity index (χ0v) is 13.3. The van der Waals surface area contributed by atoms with Gasteiger partial charge in [-0.1, -0.05) is 23.2 Å². The van der Waals surface area contributed by atoms with Gasteiger partial charge in [0.2, 0.25) is 0 Å². The van der Waals surface area contributed by atoms with Crippen molar-refractivity contribution in [1.29, 1.82) is 0 Å². The van der Waals surface area contributed by atoms with E-state index >= 15 is 0 Å². The Morgan fingerprint density at radius 2 is 2.15 bits per heavy atom. The van der Waals surface area contributed by atoms with E-state index in [-0.39, 0.29) is 6.04 Å². The van der Waals surface area contributed by atoms with Gasteiger partial charge in [0.1, 0.15) is 0 Å². The van der Waals surface area contributed by atoms with E-state index in [4.69, 9.17) is 23.2 Å². The van der Waals surface area contributed by atoms with Gasteiger partial charge < -0.3 is 5.32 Å². The number of rotatable bonds is 2. The first kappa shape index (κ1) is 14.1. The van der Waals surface area contributed by atoms with E-state index in [1.165, 1.54) is 10.5 Å². The number of hydrogen-bond donors (Lipinski definition) is 1. The number of aromatic nitrogens is 1. The molecule has 0 aliphatic carbocycles. The molecule has 3 rings (SSSR count). The third-order valence-electron chi connectivity index (χ3n) is 3.32. The minimum absolute atomic E-state index is 0.228. The van der Waals surface area contributed by atoms with Crippen LogP contribution >= 0.6 is 35.0 Å². The Kier molecular flexibility index (Phi) is 4.11. The van der Waals surface area contributed by atoms with Crippen LogP contribution in [0.25, 0.3) is 0 Å². The van der Waals surface area contributed by atoms with Gasteiger partial charge in [-0.25, -0.2) is 4.98 Å². The minimum atomic E-state index is 0.228. The summed E-state index contributed by atoms with van der Waals surface area (Å²) in [4.78, 5) is 5.48. The molecule has 1 atom stereocenters. The first-order valence-electron chi connectivity index (χ1n) is 6.44. The third-order valence-corrected chi connectivity index (χ3v) is 4.98. The summed E-state index contributed by atoms with van der Waals surface area (Å²) < 4.78 is 0. The van der Waals surface area contributed by atoms with Crippen molar-refractivity contribution in [3.63, 3.8) is 0 Å². The Bertz CT molecular complexity index is 646. The number of pyridine rings is 1. The molecule has 0 saturated heterocycles. The molecule has 104 valence electrons. The smallest absolute Gasteiger partial charge is 0.152 e. The molecule has 20 heavy (non-hydrogen) atoms. The predicted molar refractivity (Wildman–Crippen MR) is 87.1 cm³/mol. The average Bonchev–Trinajstić information content (AvgIpc) is 2.43. The highest BCUT2D eigenvalue weighted by Gasteiger charge is 2.21. The Labute approximate surface area is 132 Å². The highest BCUT2D eigenvalue weighted by atomic mass is 35.5. The molecule has 2 nitrogen and oxygen atoms in total. The van der Waals surface area contributed by atoms with Crippen LogP contribution in [-0.2, 0) is 0 Å². The maximum atomic E-state index is 6.17. The van der Waals surface area contributed by atoms with Gasteiger partial charge in [-0.05, 0) is 48.7 Å². The van der Waals surface area contributed by atoms with Crippen molar-refractivity contribution < 1.29 is 0 Å². The monoisotopic (exact) mass is 324 g/mol. The molecule has 0 spiro atoms. The van der Waals surface area contributed by atoms with Gasteiger partial charge in [0.15, 0.2) is 5.15 Å². The summed E-state index contributed by atoms with van der Waals surface area (Å²) in [6.45, 7) is 2.01. The van der Waals surface area contributed by atoms with Gasteiger partial charge >= 0.3 is 0 Å². The topological polar surface area (TPSA) is 24.9 Å². The van der Waals surface area contributed by atoms with E-state index in [2.05, 4.69) is 16.4 Å². The van der Waals surface area contributed by atoms with Crippen LogP contribution in [0.1, 0.15) is 23.6 Å². The number of thioether (sulfide) groups is 1. The van der Waals surface area contributed by atoms with Gasteiger partial charge in [0, 0.05) is 21.9 Å². The summed E-state index contributed by atoms with van der Waals surface area (Å²) in [6, 6.07) is 8.33. The third kappa shape index (κ3) is 2.90. The highest BCUT2D eigenvalue weighted by Crippen LogP contribution is 2.39. The molecule has 1 aliphatic rings. The second-order valence-corrected chi connectivity index (χ2v) is 6.80. The van der Waals surface area contributed by atoms with Crippen molar-refractivity contribution in [3.05, 3.63) is 51.8 Å². The minimum Gasteiger partial charge on any atom is -0.376 e. The summed E-state index contributed by atoms with van der Waals surface area (Å²) in [6.07, 6.45) is 2.82. The molecule has 1 aromatic carbocycles. The fourth-order valence-corrected chi connectivity index (χ4v) is 3.80. The molecule has 1 aromatic heterocycles. The second-order valence-electron chi connectivity index (χ2n) is 4.87. The van der Waals surface area contributed by atoms with Crippen LogP contribution in [0.2, 0.25) is 10.2 Å². The van der Waals surface area contributed by atoms with Crippen LogP contribution in [0.3, 0.4) is 0 Å². The molecule has 1 N–H and O–H groups in total. The van der Waals surface area contributed by atoms with E-state index in [1.54, 1.807) is 6.20 Å². The summed E-state index contributed by atoms with van der Waals surface area (Å²) in [7, 11) is 0. The quantitative estimate of drug-likeness (QED) is 0.754. The average molecular weight is 325 g/mol. The van der Waals surface area contributed by atoms with Crippen molar-refractivity contribution in [2.75, 3.05) is 11.1 Å². The number of anilines is 1. The number of halogens is 2. The van der Waals surface area contributed by atoms with E-state index in [9.17, 15) is 0 Å². The van der Waals surface area contributed by atoms with Crippen LogP contribution in [0.15, 0.2) is 35.4 Å². The van der Waals surface area contributed by atoms with Gasteiger partial charge in [-0.3, -0.25) is 0 Å². The van der Waals surface area contributed by atoms with Gasteiger partial charge in [0.05, 0.1) is 11.7 Å². The summed E-state index contributed by atoms with van der Waals surface area (Å²) >= 11 is 14.2. The summed E-state index contributed by atoms with van der Waals surface area (Å²) in [5.74, 6) is 1.09. The maximum Gasteiger partial charge on any atom is 0.152 e. The zero-order chi connectivity index (χ0) is 14.1. The Hall–Kier alpha value is -0.900. The van der Waals surface area contributed by atoms with Crippen LogP contribution in [0.4, 0.5) is 5.69 Å². The number of hydrogen-bond acceptors (Lipinski definition) is 3. The number of nitrogens with one attached hydrogen (secondary N) is 1. The molecular formula is C15H14Cl2N2S. The fourth-order valence-electron chi connectivity index (χ4n) is 2.36. The van der Waals surface area contributed by atoms with E-state index < -0.39 is 0 Å². The molecule has 2 aromatic rings. The number of fused-ring (bicyclic) bond motifs is 1. The van der Waals surface area contributed by atoms with Gasteiger partial charge in [-0.2, -0.15) is 0 Å². The molecule has 0 amide bonds. The largest absolute Gasteiger partial charge is 0.376 e. The van der Waals surface area contributed by atoms with E-state index in [1.807, 2.05) is 36.9 Å². The molecule has 2 heterocycles. The molecule has 1 unspecified atom stereocenters. The molecule has 0 bridgehead atoms. The molecule has 0 radical (unpaired) electrons. The maximum absolute atomic E-state index is 6.17. The number of aryl methyl sites for hydroxylation is 1. The van der Waals surface area contributed by atoms with Crippen molar-refractivity contribution in [3.8, 4) is 0 Å². The molecule has 0 saturated carbocycles. The highest BCUT2D eigenvalue weighted by molar-refractivity contribution is 7.99. The lowest BCUT2D eigenvalue weighted by molar-refractivity contribution is 0.728. The van der Waals surface area contributed by atoms with Crippen molar-refractivity contribution in [2.24, 2.45) is 0 Å². The first-order chi connectivity index (χ1) is 9.63. The van der Waals surface area contributed by atoms with Gasteiger partial charge in [-0.15, -0.1) is 11.8 Å². The zero-order valence-electron chi connectivity index (χ0n) is 11.0. The first-order valence-corrected chi connectivity index (χ1v) is 8.18. The summed E-state index contributed by atoms with van der Waals surface area (Å²) in [5.41, 5.74) is 3.22. The summed E-state index contributed by atoms with van der Waals surface area (Å²) in [5, 5.41) is 4.79. The molecule has 5 heteroatoms. The predicted octanol–water partition coefficient (Wildman–Crippen LogP) is 5.35. The lowest BCUT2D eigenvalue weighted by Crippen LogP contribution is -2.16. The lowest BCUT2D eigenvalue weighted by atomic mass is 10.0. The second kappa shape index (κ2) is 5.84. The molecular weight excluding hydrogens is 311 g/mol. The lowest BCUT2D eigenvalue weighted by Gasteiger charge is -2.27. The van der Waals surface area contributed by atoms with Crippen molar-refractivity contribution >= 4 is 40.7 Å². The Morgan fingerprint density at radius 1 is 1.30 bits per heavy atom. The van der Waals surface area contributed by atoms with Crippen LogP contribution in [-0.4, -0.2) is 10.7 Å². The van der Waals surface area contributed by atoms with Crippen LogP contribution < -0.4 is 5.32 Å². The van der Waals surface area contributed by atoms with E-state index in [0.717, 1.165) is 28.4 Å². The fraction of sp³-hybridized carbons (Fsp3) is 0.267. The Balaban J connectivity index is 1.93. The normalized spacial score (nSPS) is 17.6. The SMILES string of the molecule is Cc1cnc(Cl)c(NC2CCSc3ccc(Cl)cc32)c1. The van der Waals surface area contributed by atoms with Crippen molar-refractivity contribution in [2.45, 2.75) is 24.3 Å².